The first kappa shape index (κ1) is 85.8. The monoisotopic (exact) mass is 1940 g/mol. The molecule has 0 amide bonds. The second-order valence-electron chi connectivity index (χ2n) is 41.3. The Morgan fingerprint density at radius 1 is 0.173 bits per heavy atom. The lowest BCUT2D eigenvalue weighted by molar-refractivity contribution is 0.596. The zero-order chi connectivity index (χ0) is 98.8. The Morgan fingerprint density at radius 2 is 0.460 bits per heavy atom. The van der Waals surface area contributed by atoms with Crippen molar-refractivity contribution in [3.8, 4) is 157 Å². The van der Waals surface area contributed by atoms with E-state index in [-0.39, 0.29) is 5.41 Å². The summed E-state index contributed by atoms with van der Waals surface area (Å²) in [4.78, 5) is 20.1. The summed E-state index contributed by atoms with van der Waals surface area (Å²) in [6, 6.07) is 171. The molecule has 150 heavy (non-hydrogen) atoms. The summed E-state index contributed by atoms with van der Waals surface area (Å²) >= 11 is 3.84. The molecule has 0 bridgehead atoms. The van der Waals surface area contributed by atoms with Crippen LogP contribution in [0.4, 0.5) is 0 Å². The van der Waals surface area contributed by atoms with Gasteiger partial charge in [-0.15, -0.1) is 22.7 Å². The molecule has 30 aromatic rings. The minimum Gasteiger partial charge on any atom is -0.237 e. The number of hydrogen-bond donors (Lipinski definition) is 0. The van der Waals surface area contributed by atoms with Crippen molar-refractivity contribution in [3.05, 3.63) is 485 Å². The third-order valence-electron chi connectivity index (χ3n) is 32.1. The van der Waals surface area contributed by atoms with Crippen molar-refractivity contribution in [2.24, 2.45) is 0 Å². The lowest BCUT2D eigenvalue weighted by atomic mass is 9.82. The SMILES string of the molecule is CC(C)(C)c1ccc2c3c(cccc13)-c1c-2cc2ccc3ccccc3c2c1-c1cccc2c1sc1ccccc12.c1cc2c3c(cccc3c1)-c1c-2cc2ccc3ccccc3c2c1-c1cccc2c1sc1ccccc12.c1ccc(-c2cc(-c3ccccc3)nc(-c3c4c(cc5ccc6ccccc6c35)-c3cccc5cccc-4c35)n2)cc1.c1cnc(-c2c3c(cc4ccc5ccccc5c24)-c2cccc4cccc-3c24)nc1. The molecule has 0 unspecified atom stereocenters. The molecule has 0 aliphatic heterocycles. The van der Waals surface area contributed by atoms with Crippen molar-refractivity contribution < 1.29 is 0 Å². The first-order valence-corrected chi connectivity index (χ1v) is 53.4. The van der Waals surface area contributed by atoms with E-state index in [1.807, 2.05) is 53.3 Å². The highest BCUT2D eigenvalue weighted by molar-refractivity contribution is 7.26. The normalized spacial score (nSPS) is 12.2. The van der Waals surface area contributed by atoms with Crippen molar-refractivity contribution in [3.63, 3.8) is 0 Å². The van der Waals surface area contributed by atoms with Gasteiger partial charge in [-0.1, -0.05) is 439 Å². The zero-order valence-electron chi connectivity index (χ0n) is 82.2. The second-order valence-corrected chi connectivity index (χ2v) is 43.4. The summed E-state index contributed by atoms with van der Waals surface area (Å²) in [6.45, 7) is 6.98. The topological polar surface area (TPSA) is 51.6 Å². The van der Waals surface area contributed by atoms with Gasteiger partial charge in [0.05, 0.1) is 11.4 Å². The fraction of sp³-hybridized carbons (Fsp3) is 0.0278. The molecule has 34 rings (SSSR count). The summed E-state index contributed by atoms with van der Waals surface area (Å²) < 4.78 is 5.43. The highest BCUT2D eigenvalue weighted by Crippen LogP contribution is 2.62. The number of hydrogen-bond acceptors (Lipinski definition) is 6. The van der Waals surface area contributed by atoms with Crippen LogP contribution in [0.2, 0.25) is 0 Å². The minimum atomic E-state index is 0.0678. The van der Waals surface area contributed by atoms with Crippen LogP contribution in [-0.4, -0.2) is 19.9 Å². The van der Waals surface area contributed by atoms with E-state index in [9.17, 15) is 0 Å². The van der Waals surface area contributed by atoms with Crippen LogP contribution in [0, 0.1) is 0 Å². The number of aromatic nitrogens is 4. The molecule has 696 valence electrons. The van der Waals surface area contributed by atoms with Gasteiger partial charge < -0.3 is 0 Å². The largest absolute Gasteiger partial charge is 0.237 e. The second kappa shape index (κ2) is 33.5. The molecule has 6 heteroatoms. The van der Waals surface area contributed by atoms with Gasteiger partial charge in [-0.2, -0.15) is 0 Å². The van der Waals surface area contributed by atoms with E-state index in [1.54, 1.807) is 0 Å². The molecule has 4 heterocycles. The van der Waals surface area contributed by atoms with Crippen LogP contribution in [0.3, 0.4) is 0 Å². The van der Waals surface area contributed by atoms with Gasteiger partial charge in [-0.25, -0.2) is 19.9 Å². The Morgan fingerprint density at radius 3 is 0.847 bits per heavy atom. The Kier molecular flexibility index (Phi) is 19.2. The fourth-order valence-electron chi connectivity index (χ4n) is 25.9. The highest BCUT2D eigenvalue weighted by atomic mass is 32.1. The average molecular weight is 1940 g/mol. The predicted molar refractivity (Wildman–Crippen MR) is 642 cm³/mol. The van der Waals surface area contributed by atoms with Crippen molar-refractivity contribution in [1.29, 1.82) is 0 Å². The first-order chi connectivity index (χ1) is 74.1. The molecule has 0 saturated heterocycles. The van der Waals surface area contributed by atoms with Gasteiger partial charge in [-0.3, -0.25) is 0 Å². The lowest BCUT2D eigenvalue weighted by Gasteiger charge is -2.22. The number of rotatable bonds is 6. The van der Waals surface area contributed by atoms with Crippen molar-refractivity contribution in [2.45, 2.75) is 26.2 Å². The Bertz CT molecular complexity index is 11000. The molecular formula is C144H88N4S2. The summed E-state index contributed by atoms with van der Waals surface area (Å²) in [6.07, 6.45) is 3.67. The molecule has 0 radical (unpaired) electrons. The molecular weight excluding hydrogens is 1850 g/mol. The molecule has 4 aliphatic carbocycles. The van der Waals surface area contributed by atoms with Crippen LogP contribution in [0.15, 0.2) is 480 Å². The number of thiophene rings is 2. The quantitative estimate of drug-likeness (QED) is 0.156. The standard InChI is InChI=1S/C40H24N2.C40H28S.C36H20S.C28H16N2/c1-3-12-26(13-4-1)34-24-35(27-14-5-2-6-15-27)42-40(41-34)39-37-29(22-21-25-11-7-8-18-30(25)37)23-33-31-19-9-16-28-17-10-20-32(36(28)31)38(33)39;1-40(2,3)33-21-20-27-32-22-24-19-18-23-10-4-5-11-25(23)35(24)38(37(32)30-15-9-14-29(33)36(27)30)31-16-8-13-28-26-12-6-7-17-34(26)41-39(28)31;1-2-11-24-21(8-1)18-19-23-20-30-26-13-5-9-22-10-6-15-28(32(22)26)34(30)35(33(23)24)29-16-7-14-27-25-12-3-4-17-31(25)37-36(27)29;1-2-9-20-17(6-1)12-13-19-16-23-21-10-3-7-18-8-4-11-22(24(18)21)26(23)27(25(19)20)28-29-14-5-15-30-28/h1-24H;4-22H,1-3H3;1-20H;1-16H. The van der Waals surface area contributed by atoms with E-state index in [0.717, 1.165) is 45.3 Å². The number of fused-ring (bicyclic) bond motifs is 30. The molecule has 0 N–H and O–H groups in total. The third-order valence-corrected chi connectivity index (χ3v) is 34.6. The zero-order valence-corrected chi connectivity index (χ0v) is 83.8. The van der Waals surface area contributed by atoms with Crippen LogP contribution in [0.25, 0.3) is 326 Å². The molecule has 0 spiro atoms. The van der Waals surface area contributed by atoms with Crippen LogP contribution >= 0.6 is 22.7 Å². The average Bonchev–Trinajstić information content (AvgIpc) is 1.47. The number of nitrogens with zero attached hydrogens (tertiary/aromatic N) is 4. The predicted octanol–water partition coefficient (Wildman–Crippen LogP) is 40.8. The molecule has 0 fully saturated rings. The number of benzene rings is 26. The van der Waals surface area contributed by atoms with Gasteiger partial charge in [0.15, 0.2) is 11.6 Å². The van der Waals surface area contributed by atoms with E-state index < -0.39 is 0 Å². The maximum absolute atomic E-state index is 5.35. The van der Waals surface area contributed by atoms with Gasteiger partial charge >= 0.3 is 0 Å². The van der Waals surface area contributed by atoms with Gasteiger partial charge in [0.25, 0.3) is 0 Å². The third kappa shape index (κ3) is 13.1. The smallest absolute Gasteiger partial charge is 0.161 e. The molecule has 4 aliphatic rings. The fourth-order valence-corrected chi connectivity index (χ4v) is 28.3. The summed E-state index contributed by atoms with van der Waals surface area (Å²) in [5, 5.41) is 36.3. The Hall–Kier alpha value is -18.6. The highest BCUT2D eigenvalue weighted by Gasteiger charge is 2.36. The lowest BCUT2D eigenvalue weighted by Crippen LogP contribution is -2.11. The molecule has 26 aromatic carbocycles. The van der Waals surface area contributed by atoms with Crippen LogP contribution in [0.1, 0.15) is 26.3 Å². The minimum absolute atomic E-state index is 0.0678. The van der Waals surface area contributed by atoms with Crippen LogP contribution in [-0.2, 0) is 5.41 Å². The van der Waals surface area contributed by atoms with Crippen LogP contribution < -0.4 is 0 Å². The molecule has 4 aromatic heterocycles. The Balaban J connectivity index is 0.0000000906. The van der Waals surface area contributed by atoms with Crippen LogP contribution in [0.5, 0.6) is 0 Å². The molecule has 0 saturated carbocycles. The Labute approximate surface area is 873 Å². The molecule has 0 atom stereocenters. The van der Waals surface area contributed by atoms with E-state index in [4.69, 9.17) is 19.9 Å². The summed E-state index contributed by atoms with van der Waals surface area (Å²) in [7, 11) is 0. The molecule has 4 nitrogen and oxygen atoms in total. The maximum atomic E-state index is 5.35. The first-order valence-electron chi connectivity index (χ1n) is 51.8. The summed E-state index contributed by atoms with van der Waals surface area (Å²) in [5.74, 6) is 1.53. The van der Waals surface area contributed by atoms with Crippen molar-refractivity contribution in [2.75, 3.05) is 0 Å². The van der Waals surface area contributed by atoms with E-state index in [2.05, 4.69) is 470 Å². The van der Waals surface area contributed by atoms with Gasteiger partial charge in [0.1, 0.15) is 0 Å². The van der Waals surface area contributed by atoms with Gasteiger partial charge in [0, 0.05) is 119 Å². The van der Waals surface area contributed by atoms with Crippen molar-refractivity contribution in [1.82, 2.24) is 19.9 Å². The summed E-state index contributed by atoms with van der Waals surface area (Å²) in [5.41, 5.74) is 34.0. The maximum Gasteiger partial charge on any atom is 0.161 e. The van der Waals surface area contributed by atoms with E-state index in [1.165, 1.54) is 286 Å². The van der Waals surface area contributed by atoms with E-state index >= 15 is 0 Å². The van der Waals surface area contributed by atoms with E-state index in [0.29, 0.717) is 0 Å². The van der Waals surface area contributed by atoms with Gasteiger partial charge in [0.2, 0.25) is 0 Å². The van der Waals surface area contributed by atoms with Crippen molar-refractivity contribution >= 4 is 192 Å². The van der Waals surface area contributed by atoms with Gasteiger partial charge in [-0.05, 0) is 256 Å².